The van der Waals surface area contributed by atoms with Crippen LogP contribution in [0.5, 0.6) is 0 Å². The summed E-state index contributed by atoms with van der Waals surface area (Å²) < 4.78 is 5.60. The van der Waals surface area contributed by atoms with Crippen LogP contribution in [0.15, 0.2) is 6.20 Å². The monoisotopic (exact) mass is 382 g/mol. The highest BCUT2D eigenvalue weighted by Gasteiger charge is 2.27. The lowest BCUT2D eigenvalue weighted by Crippen LogP contribution is -2.39. The van der Waals surface area contributed by atoms with E-state index >= 15 is 0 Å². The molecule has 0 aromatic carbocycles. The normalized spacial score (nSPS) is 19.7. The van der Waals surface area contributed by atoms with E-state index in [1.807, 2.05) is 4.90 Å². The number of carboxylic acids is 1. The van der Waals surface area contributed by atoms with Gasteiger partial charge in [-0.1, -0.05) is 11.6 Å². The van der Waals surface area contributed by atoms with Gasteiger partial charge in [-0.3, -0.25) is 9.59 Å². The van der Waals surface area contributed by atoms with Crippen LogP contribution in [-0.4, -0.2) is 70.7 Å². The zero-order valence-electron chi connectivity index (χ0n) is 14.6. The van der Waals surface area contributed by atoms with E-state index in [1.165, 1.54) is 11.1 Å². The number of aliphatic carboxylic acids is 1. The number of aromatic nitrogens is 2. The fourth-order valence-corrected chi connectivity index (χ4v) is 3.44. The van der Waals surface area contributed by atoms with Crippen molar-refractivity contribution in [2.45, 2.75) is 38.2 Å². The molecule has 1 unspecified atom stereocenters. The summed E-state index contributed by atoms with van der Waals surface area (Å²) in [6, 6.07) is 0. The minimum Gasteiger partial charge on any atom is -0.481 e. The maximum absolute atomic E-state index is 13.0. The van der Waals surface area contributed by atoms with E-state index in [0.29, 0.717) is 19.1 Å². The molecule has 142 valence electrons. The average molecular weight is 383 g/mol. The average Bonchev–Trinajstić information content (AvgIpc) is 3.32. The van der Waals surface area contributed by atoms with Crippen molar-refractivity contribution >= 4 is 29.4 Å². The van der Waals surface area contributed by atoms with Gasteiger partial charge in [0, 0.05) is 32.8 Å². The third-order valence-electron chi connectivity index (χ3n) is 4.65. The van der Waals surface area contributed by atoms with Crippen molar-refractivity contribution in [1.82, 2.24) is 14.9 Å². The molecule has 1 atom stereocenters. The Bertz CT molecular complexity index is 660. The molecule has 3 rings (SSSR count). The molecule has 2 aliphatic heterocycles. The van der Waals surface area contributed by atoms with Crippen LogP contribution in [-0.2, 0) is 9.53 Å². The number of halogens is 1. The molecule has 8 nitrogen and oxygen atoms in total. The molecular formula is C17H23ClN4O4. The Kier molecular flexibility index (Phi) is 6.26. The first kappa shape index (κ1) is 18.8. The number of hydrogen-bond donors (Lipinski definition) is 1. The fourth-order valence-electron chi connectivity index (χ4n) is 3.27. The van der Waals surface area contributed by atoms with E-state index in [4.69, 9.17) is 21.4 Å². The van der Waals surface area contributed by atoms with Crippen molar-refractivity contribution in [2.24, 2.45) is 0 Å². The topological polar surface area (TPSA) is 95.9 Å². The van der Waals surface area contributed by atoms with Gasteiger partial charge >= 0.3 is 5.97 Å². The van der Waals surface area contributed by atoms with Gasteiger partial charge in [0.25, 0.3) is 5.91 Å². The van der Waals surface area contributed by atoms with Gasteiger partial charge in [-0.05, 0) is 25.7 Å². The van der Waals surface area contributed by atoms with E-state index in [-0.39, 0.29) is 35.7 Å². The Balaban J connectivity index is 1.79. The van der Waals surface area contributed by atoms with E-state index in [9.17, 15) is 9.59 Å². The second kappa shape index (κ2) is 8.64. The number of ether oxygens (including phenoxy) is 1. The summed E-state index contributed by atoms with van der Waals surface area (Å²) in [5.41, 5.74) is 0.118. The molecule has 2 fully saturated rings. The number of anilines is 1. The van der Waals surface area contributed by atoms with Crippen molar-refractivity contribution in [3.63, 3.8) is 0 Å². The number of nitrogens with zero attached hydrogens (tertiary/aromatic N) is 4. The van der Waals surface area contributed by atoms with Gasteiger partial charge in [-0.15, -0.1) is 0 Å². The van der Waals surface area contributed by atoms with Crippen LogP contribution in [0.3, 0.4) is 0 Å². The molecule has 1 amide bonds. The summed E-state index contributed by atoms with van der Waals surface area (Å²) in [4.78, 5) is 36.1. The van der Waals surface area contributed by atoms with Crippen LogP contribution in [0.25, 0.3) is 0 Å². The van der Waals surface area contributed by atoms with E-state index < -0.39 is 5.97 Å². The Morgan fingerprint density at radius 1 is 1.35 bits per heavy atom. The maximum atomic E-state index is 13.0. The first-order valence-electron chi connectivity index (χ1n) is 8.95. The van der Waals surface area contributed by atoms with Gasteiger partial charge in [0.1, 0.15) is 0 Å². The fraction of sp³-hybridized carbons (Fsp3) is 0.647. The molecule has 26 heavy (non-hydrogen) atoms. The zero-order valence-corrected chi connectivity index (χ0v) is 15.3. The van der Waals surface area contributed by atoms with Gasteiger partial charge in [0.2, 0.25) is 5.95 Å². The number of amides is 1. The standard InChI is InChI=1S/C17H23ClN4O4/c18-13-10-19-17(21-6-1-2-7-21)20-15(13)16(25)22(8-5-14(23)24)11-12-4-3-9-26-12/h10,12H,1-9,11H2,(H,23,24). The summed E-state index contributed by atoms with van der Waals surface area (Å²) >= 11 is 6.18. The smallest absolute Gasteiger partial charge is 0.305 e. The SMILES string of the molecule is O=C(O)CCN(CC1CCCO1)C(=O)c1nc(N2CCCC2)ncc1Cl. The van der Waals surface area contributed by atoms with Gasteiger partial charge in [0.15, 0.2) is 5.69 Å². The van der Waals surface area contributed by atoms with E-state index in [0.717, 1.165) is 38.8 Å². The summed E-state index contributed by atoms with van der Waals surface area (Å²) in [5.74, 6) is -0.846. The minimum atomic E-state index is -0.957. The maximum Gasteiger partial charge on any atom is 0.305 e. The third kappa shape index (κ3) is 4.62. The van der Waals surface area contributed by atoms with Gasteiger partial charge < -0.3 is 19.6 Å². The van der Waals surface area contributed by atoms with Gasteiger partial charge in [-0.25, -0.2) is 9.97 Å². The first-order valence-corrected chi connectivity index (χ1v) is 9.32. The summed E-state index contributed by atoms with van der Waals surface area (Å²) in [6.07, 6.45) is 5.16. The second-order valence-electron chi connectivity index (χ2n) is 6.59. The third-order valence-corrected chi connectivity index (χ3v) is 4.93. The number of carbonyl (C=O) groups excluding carboxylic acids is 1. The molecule has 2 saturated heterocycles. The Labute approximate surface area is 157 Å². The van der Waals surface area contributed by atoms with Crippen molar-refractivity contribution in [3.8, 4) is 0 Å². The van der Waals surface area contributed by atoms with Crippen LogP contribution in [0, 0.1) is 0 Å². The number of rotatable bonds is 7. The molecule has 0 radical (unpaired) electrons. The highest BCUT2D eigenvalue weighted by Crippen LogP contribution is 2.22. The minimum absolute atomic E-state index is 0.0774. The second-order valence-corrected chi connectivity index (χ2v) is 7.00. The molecule has 1 aromatic rings. The van der Waals surface area contributed by atoms with Crippen LogP contribution < -0.4 is 4.90 Å². The molecule has 3 heterocycles. The lowest BCUT2D eigenvalue weighted by Gasteiger charge is -2.25. The molecule has 1 N–H and O–H groups in total. The van der Waals surface area contributed by atoms with Crippen LogP contribution in [0.4, 0.5) is 5.95 Å². The number of carboxylic acid groups (broad SMARTS) is 1. The molecule has 0 spiro atoms. The Morgan fingerprint density at radius 3 is 2.77 bits per heavy atom. The zero-order chi connectivity index (χ0) is 18.5. The largest absolute Gasteiger partial charge is 0.481 e. The molecular weight excluding hydrogens is 360 g/mol. The Morgan fingerprint density at radius 2 is 2.12 bits per heavy atom. The van der Waals surface area contributed by atoms with Crippen LogP contribution >= 0.6 is 11.6 Å². The molecule has 9 heteroatoms. The molecule has 0 aliphatic carbocycles. The van der Waals surface area contributed by atoms with Crippen molar-refractivity contribution < 1.29 is 19.4 Å². The predicted octanol–water partition coefficient (Wildman–Crippen LogP) is 1.83. The summed E-state index contributed by atoms with van der Waals surface area (Å²) in [6.45, 7) is 2.81. The van der Waals surface area contributed by atoms with E-state index in [2.05, 4.69) is 9.97 Å². The first-order chi connectivity index (χ1) is 12.5. The van der Waals surface area contributed by atoms with Crippen molar-refractivity contribution in [2.75, 3.05) is 37.7 Å². The molecule has 0 saturated carbocycles. The highest BCUT2D eigenvalue weighted by atomic mass is 35.5. The van der Waals surface area contributed by atoms with Gasteiger partial charge in [0.05, 0.1) is 23.7 Å². The Hall–Kier alpha value is -1.93. The van der Waals surface area contributed by atoms with Crippen LogP contribution in [0.2, 0.25) is 5.02 Å². The van der Waals surface area contributed by atoms with Crippen molar-refractivity contribution in [3.05, 3.63) is 16.9 Å². The molecule has 2 aliphatic rings. The summed E-state index contributed by atoms with van der Waals surface area (Å²) in [7, 11) is 0. The lowest BCUT2D eigenvalue weighted by atomic mass is 10.2. The molecule has 1 aromatic heterocycles. The van der Waals surface area contributed by atoms with Crippen molar-refractivity contribution in [1.29, 1.82) is 0 Å². The predicted molar refractivity (Wildman–Crippen MR) is 95.6 cm³/mol. The van der Waals surface area contributed by atoms with Gasteiger partial charge in [-0.2, -0.15) is 0 Å². The summed E-state index contributed by atoms with van der Waals surface area (Å²) in [5, 5.41) is 9.16. The number of hydrogen-bond acceptors (Lipinski definition) is 6. The lowest BCUT2D eigenvalue weighted by molar-refractivity contribution is -0.137. The van der Waals surface area contributed by atoms with E-state index in [1.54, 1.807) is 0 Å². The quantitative estimate of drug-likeness (QED) is 0.768. The number of carbonyl (C=O) groups is 2. The van der Waals surface area contributed by atoms with Crippen LogP contribution in [0.1, 0.15) is 42.6 Å². The molecule has 0 bridgehead atoms. The highest BCUT2D eigenvalue weighted by molar-refractivity contribution is 6.33.